The van der Waals surface area contributed by atoms with Crippen molar-refractivity contribution in [3.63, 3.8) is 0 Å². The number of aromatic nitrogens is 1. The number of amides is 1. The van der Waals surface area contributed by atoms with Gasteiger partial charge in [0.15, 0.2) is 17.8 Å². The molecule has 1 saturated heterocycles. The monoisotopic (exact) mass is 344 g/mol. The fraction of sp³-hybridized carbons (Fsp3) is 0.389. The van der Waals surface area contributed by atoms with Gasteiger partial charge in [-0.3, -0.25) is 9.59 Å². The van der Waals surface area contributed by atoms with Gasteiger partial charge in [-0.15, -0.1) is 0 Å². The molecule has 1 aliphatic heterocycles. The summed E-state index contributed by atoms with van der Waals surface area (Å²) in [5.74, 6) is -1.71. The number of carboxylic acids is 1. The molecule has 1 aromatic carbocycles. The van der Waals surface area contributed by atoms with Gasteiger partial charge in [0.05, 0.1) is 5.92 Å². The number of oxazole rings is 1. The van der Waals surface area contributed by atoms with Gasteiger partial charge in [0.2, 0.25) is 0 Å². The van der Waals surface area contributed by atoms with E-state index in [1.807, 2.05) is 30.3 Å². The van der Waals surface area contributed by atoms with Crippen molar-refractivity contribution in [3.05, 3.63) is 53.7 Å². The second-order valence-electron chi connectivity index (χ2n) is 6.00. The van der Waals surface area contributed by atoms with Crippen LogP contribution < -0.4 is 5.32 Å². The highest BCUT2D eigenvalue weighted by Gasteiger charge is 2.28. The molecule has 0 bridgehead atoms. The van der Waals surface area contributed by atoms with E-state index in [4.69, 9.17) is 9.15 Å². The lowest BCUT2D eigenvalue weighted by molar-refractivity contribution is -0.141. The molecule has 132 valence electrons. The van der Waals surface area contributed by atoms with Gasteiger partial charge in [-0.05, 0) is 24.8 Å². The van der Waals surface area contributed by atoms with Crippen LogP contribution in [0.3, 0.4) is 0 Å². The minimum Gasteiger partial charge on any atom is -0.481 e. The highest BCUT2D eigenvalue weighted by Crippen LogP contribution is 2.30. The van der Waals surface area contributed by atoms with Gasteiger partial charge in [0.25, 0.3) is 5.91 Å². The Morgan fingerprint density at radius 1 is 1.32 bits per heavy atom. The third kappa shape index (κ3) is 4.24. The van der Waals surface area contributed by atoms with Gasteiger partial charge in [-0.25, -0.2) is 4.98 Å². The van der Waals surface area contributed by atoms with Crippen LogP contribution in [-0.2, 0) is 16.0 Å². The zero-order chi connectivity index (χ0) is 17.6. The smallest absolute Gasteiger partial charge is 0.308 e. The molecule has 2 unspecified atom stereocenters. The summed E-state index contributed by atoms with van der Waals surface area (Å²) in [6, 6.07) is 9.32. The molecule has 25 heavy (non-hydrogen) atoms. The quantitative estimate of drug-likeness (QED) is 0.798. The average molecular weight is 344 g/mol. The third-order valence-corrected chi connectivity index (χ3v) is 4.22. The first-order valence-corrected chi connectivity index (χ1v) is 8.25. The van der Waals surface area contributed by atoms with Crippen molar-refractivity contribution < 1.29 is 23.8 Å². The number of ether oxygens (including phenoxy) is 1. The van der Waals surface area contributed by atoms with E-state index in [1.54, 1.807) is 0 Å². The van der Waals surface area contributed by atoms with Crippen LogP contribution in [0.1, 0.15) is 40.8 Å². The zero-order valence-electron chi connectivity index (χ0n) is 13.7. The molecular formula is C18H20N2O5. The number of carbonyl (C=O) groups is 2. The van der Waals surface area contributed by atoms with Gasteiger partial charge >= 0.3 is 5.97 Å². The molecule has 0 saturated carbocycles. The molecular weight excluding hydrogens is 324 g/mol. The van der Waals surface area contributed by atoms with Crippen molar-refractivity contribution >= 4 is 11.9 Å². The van der Waals surface area contributed by atoms with Gasteiger partial charge < -0.3 is 19.6 Å². The van der Waals surface area contributed by atoms with Gasteiger partial charge in [0, 0.05) is 13.2 Å². The minimum atomic E-state index is -0.955. The molecule has 2 heterocycles. The Labute approximate surface area is 145 Å². The van der Waals surface area contributed by atoms with Crippen molar-refractivity contribution in [1.29, 1.82) is 0 Å². The van der Waals surface area contributed by atoms with Crippen LogP contribution in [0, 0.1) is 5.92 Å². The maximum atomic E-state index is 12.4. The lowest BCUT2D eigenvalue weighted by atomic mass is 9.99. The fourth-order valence-corrected chi connectivity index (χ4v) is 2.88. The van der Waals surface area contributed by atoms with E-state index in [1.165, 1.54) is 6.39 Å². The number of rotatable bonds is 7. The highest BCUT2D eigenvalue weighted by molar-refractivity contribution is 5.93. The average Bonchev–Trinajstić information content (AvgIpc) is 3.29. The van der Waals surface area contributed by atoms with Crippen LogP contribution in [0.15, 0.2) is 41.1 Å². The van der Waals surface area contributed by atoms with Crippen LogP contribution in [0.25, 0.3) is 0 Å². The standard InChI is InChI=1S/C18H20N2O5/c21-17(15-16(25-11-20-15)14-7-4-8-24-14)19-10-13(18(22)23)9-12-5-2-1-3-6-12/h1-3,5-6,11,13-14H,4,7-10H2,(H,19,21)(H,22,23). The van der Waals surface area contributed by atoms with Crippen LogP contribution in [0.5, 0.6) is 0 Å². The first kappa shape index (κ1) is 17.2. The summed E-state index contributed by atoms with van der Waals surface area (Å²) in [6.45, 7) is 0.644. The van der Waals surface area contributed by atoms with Crippen molar-refractivity contribution in [2.45, 2.75) is 25.4 Å². The number of benzene rings is 1. The Hall–Kier alpha value is -2.67. The number of nitrogens with zero attached hydrogens (tertiary/aromatic N) is 1. The van der Waals surface area contributed by atoms with E-state index in [0.717, 1.165) is 18.4 Å². The third-order valence-electron chi connectivity index (χ3n) is 4.22. The maximum absolute atomic E-state index is 12.4. The SMILES string of the molecule is O=C(NCC(Cc1ccccc1)C(=O)O)c1ncoc1C1CCCO1. The van der Waals surface area contributed by atoms with Crippen LogP contribution in [-0.4, -0.2) is 35.1 Å². The molecule has 2 atom stereocenters. The topological polar surface area (TPSA) is 102 Å². The molecule has 1 aliphatic rings. The number of aliphatic carboxylic acids is 1. The summed E-state index contributed by atoms with van der Waals surface area (Å²) in [6.07, 6.45) is 2.98. The summed E-state index contributed by atoms with van der Waals surface area (Å²) in [5, 5.41) is 12.1. The number of nitrogens with one attached hydrogen (secondary N) is 1. The lowest BCUT2D eigenvalue weighted by Gasteiger charge is -2.14. The summed E-state index contributed by atoms with van der Waals surface area (Å²) >= 11 is 0. The Morgan fingerprint density at radius 3 is 2.80 bits per heavy atom. The maximum Gasteiger partial charge on any atom is 0.308 e. The second kappa shape index (κ2) is 7.94. The van der Waals surface area contributed by atoms with E-state index in [0.29, 0.717) is 18.8 Å². The molecule has 1 fully saturated rings. The number of hydrogen-bond acceptors (Lipinski definition) is 5. The summed E-state index contributed by atoms with van der Waals surface area (Å²) in [4.78, 5) is 27.8. The van der Waals surface area contributed by atoms with E-state index in [-0.39, 0.29) is 18.3 Å². The van der Waals surface area contributed by atoms with E-state index in [9.17, 15) is 14.7 Å². The van der Waals surface area contributed by atoms with Gasteiger partial charge in [-0.1, -0.05) is 30.3 Å². The second-order valence-corrected chi connectivity index (χ2v) is 6.00. The highest BCUT2D eigenvalue weighted by atomic mass is 16.5. The normalized spacial score (nSPS) is 18.0. The summed E-state index contributed by atoms with van der Waals surface area (Å²) < 4.78 is 10.8. The molecule has 3 rings (SSSR count). The molecule has 7 nitrogen and oxygen atoms in total. The van der Waals surface area contributed by atoms with Crippen molar-refractivity contribution in [2.24, 2.45) is 5.92 Å². The molecule has 0 aliphatic carbocycles. The Balaban J connectivity index is 1.62. The first-order chi connectivity index (χ1) is 12.1. The largest absolute Gasteiger partial charge is 0.481 e. The number of carboxylic acid groups (broad SMARTS) is 1. The van der Waals surface area contributed by atoms with E-state index < -0.39 is 17.8 Å². The Morgan fingerprint density at radius 2 is 2.12 bits per heavy atom. The minimum absolute atomic E-state index is 0.0148. The van der Waals surface area contributed by atoms with Crippen molar-refractivity contribution in [3.8, 4) is 0 Å². The number of hydrogen-bond donors (Lipinski definition) is 2. The Bertz CT molecular complexity index is 722. The van der Waals surface area contributed by atoms with Gasteiger partial charge in [-0.2, -0.15) is 0 Å². The molecule has 2 aromatic rings. The molecule has 1 aromatic heterocycles. The van der Waals surface area contributed by atoms with Crippen LogP contribution in [0.2, 0.25) is 0 Å². The lowest BCUT2D eigenvalue weighted by Crippen LogP contribution is -2.34. The first-order valence-electron chi connectivity index (χ1n) is 8.25. The molecule has 0 radical (unpaired) electrons. The van der Waals surface area contributed by atoms with Crippen LogP contribution >= 0.6 is 0 Å². The molecule has 0 spiro atoms. The van der Waals surface area contributed by atoms with Crippen molar-refractivity contribution in [2.75, 3.05) is 13.2 Å². The fourth-order valence-electron chi connectivity index (χ4n) is 2.88. The number of carbonyl (C=O) groups excluding carboxylic acids is 1. The zero-order valence-corrected chi connectivity index (χ0v) is 13.7. The van der Waals surface area contributed by atoms with E-state index >= 15 is 0 Å². The summed E-state index contributed by atoms with van der Waals surface area (Å²) in [5.41, 5.74) is 1.07. The molecule has 7 heteroatoms. The summed E-state index contributed by atoms with van der Waals surface area (Å²) in [7, 11) is 0. The molecule has 1 amide bonds. The predicted molar refractivity (Wildman–Crippen MR) is 88.0 cm³/mol. The predicted octanol–water partition coefficient (Wildman–Crippen LogP) is 2.20. The van der Waals surface area contributed by atoms with Gasteiger partial charge in [0.1, 0.15) is 6.10 Å². The van der Waals surface area contributed by atoms with Crippen LogP contribution in [0.4, 0.5) is 0 Å². The Kier molecular flexibility index (Phi) is 5.45. The molecule has 2 N–H and O–H groups in total. The van der Waals surface area contributed by atoms with Crippen molar-refractivity contribution in [1.82, 2.24) is 10.3 Å². The van der Waals surface area contributed by atoms with E-state index in [2.05, 4.69) is 10.3 Å².